The second kappa shape index (κ2) is 2.53. The normalized spacial score (nSPS) is 9.11. The van der Waals surface area contributed by atoms with Crippen molar-refractivity contribution in [2.45, 2.75) is 6.92 Å². The van der Waals surface area contributed by atoms with Crippen LogP contribution in [0, 0.1) is 6.92 Å². The van der Waals surface area contributed by atoms with Crippen molar-refractivity contribution in [1.29, 1.82) is 0 Å². The van der Waals surface area contributed by atoms with Gasteiger partial charge >= 0.3 is 0 Å². The van der Waals surface area contributed by atoms with Gasteiger partial charge in [-0.1, -0.05) is 17.7 Å². The summed E-state index contributed by atoms with van der Waals surface area (Å²) in [4.78, 5) is 0. The van der Waals surface area contributed by atoms with Crippen LogP contribution in [-0.4, -0.2) is 7.11 Å². The van der Waals surface area contributed by atoms with E-state index in [1.807, 2.05) is 24.3 Å². The second-order valence-corrected chi connectivity index (χ2v) is 2.02. The summed E-state index contributed by atoms with van der Waals surface area (Å²) in [6.07, 6.45) is 0. The molecule has 1 aromatic rings. The molecule has 0 bridgehead atoms. The summed E-state index contributed by atoms with van der Waals surface area (Å²) in [5.74, 6) is 0.917. The molecule has 0 atom stereocenters. The van der Waals surface area contributed by atoms with E-state index in [9.17, 15) is 0 Å². The summed E-state index contributed by atoms with van der Waals surface area (Å²) in [5, 5.41) is 0. The molecule has 0 amide bonds. The number of methoxy groups -OCH3 is 1. The van der Waals surface area contributed by atoms with E-state index in [0.29, 0.717) is 0 Å². The van der Waals surface area contributed by atoms with E-state index >= 15 is 0 Å². The molecule has 0 N–H and O–H groups in total. The quantitative estimate of drug-likeness (QED) is 0.519. The maximum atomic E-state index is 4.97. The number of hydrogen-bond acceptors (Lipinski definition) is 1. The molecular weight excluding hydrogens is 113 g/mol. The fraction of sp³-hybridized carbons (Fsp3) is 0.250. The summed E-state index contributed by atoms with van der Waals surface area (Å²) in [6.45, 7) is 2.06. The van der Waals surface area contributed by atoms with E-state index in [1.165, 1.54) is 5.56 Å². The van der Waals surface area contributed by atoms with E-state index in [4.69, 9.17) is 4.74 Å². The Kier molecular flexibility index (Phi) is 1.73. The minimum absolute atomic E-state index is 0.917. The Hall–Kier alpha value is -0.980. The van der Waals surface area contributed by atoms with Crippen LogP contribution >= 0.6 is 0 Å². The third kappa shape index (κ3) is 1.46. The number of benzene rings is 1. The molecule has 0 fully saturated rings. The fourth-order valence-corrected chi connectivity index (χ4v) is 0.674. The molecule has 0 saturated carbocycles. The topological polar surface area (TPSA) is 9.23 Å². The molecule has 0 saturated heterocycles. The lowest BCUT2D eigenvalue weighted by molar-refractivity contribution is 0.414. The van der Waals surface area contributed by atoms with Crippen molar-refractivity contribution in [1.82, 2.24) is 0 Å². The van der Waals surface area contributed by atoms with Gasteiger partial charge in [-0.2, -0.15) is 0 Å². The molecule has 0 aromatic heterocycles. The lowest BCUT2D eigenvalue weighted by atomic mass is 10.2. The van der Waals surface area contributed by atoms with Crippen molar-refractivity contribution in [3.63, 3.8) is 0 Å². The Morgan fingerprint density at radius 2 is 1.67 bits per heavy atom. The molecule has 1 heteroatoms. The van der Waals surface area contributed by atoms with Crippen molar-refractivity contribution in [2.24, 2.45) is 0 Å². The SMILES string of the molecule is Cc1ccc(O[13CH3])cc1. The van der Waals surface area contributed by atoms with Crippen LogP contribution in [0.25, 0.3) is 0 Å². The molecule has 0 spiro atoms. The maximum absolute atomic E-state index is 4.97. The van der Waals surface area contributed by atoms with Gasteiger partial charge in [0.2, 0.25) is 0 Å². The van der Waals surface area contributed by atoms with Crippen LogP contribution in [0.15, 0.2) is 24.3 Å². The summed E-state index contributed by atoms with van der Waals surface area (Å²) in [6, 6.07) is 7.96. The third-order valence-electron chi connectivity index (χ3n) is 1.26. The van der Waals surface area contributed by atoms with E-state index in [1.54, 1.807) is 7.11 Å². The van der Waals surface area contributed by atoms with Gasteiger partial charge in [-0.25, -0.2) is 0 Å². The average molecular weight is 123 g/mol. The predicted octanol–water partition coefficient (Wildman–Crippen LogP) is 2.00. The highest BCUT2D eigenvalue weighted by atomic mass is 16.5. The number of rotatable bonds is 1. The summed E-state index contributed by atoms with van der Waals surface area (Å²) in [7, 11) is 1.67. The van der Waals surface area contributed by atoms with Gasteiger partial charge < -0.3 is 4.74 Å². The van der Waals surface area contributed by atoms with Crippen LogP contribution in [0.1, 0.15) is 5.56 Å². The largest absolute Gasteiger partial charge is 0.497 e. The van der Waals surface area contributed by atoms with Gasteiger partial charge in [0, 0.05) is 0 Å². The predicted molar refractivity (Wildman–Crippen MR) is 37.7 cm³/mol. The summed E-state index contributed by atoms with van der Waals surface area (Å²) in [5.41, 5.74) is 1.26. The molecule has 0 unspecified atom stereocenters. The first-order valence-corrected chi connectivity index (χ1v) is 2.93. The van der Waals surface area contributed by atoms with Crippen LogP contribution < -0.4 is 4.74 Å². The monoisotopic (exact) mass is 123 g/mol. The molecule has 0 aliphatic heterocycles. The highest BCUT2D eigenvalue weighted by molar-refractivity contribution is 5.25. The summed E-state index contributed by atoms with van der Waals surface area (Å²) < 4.78 is 4.97. The van der Waals surface area contributed by atoms with Gasteiger partial charge in [0.15, 0.2) is 0 Å². The number of aryl methyl sites for hydroxylation is 1. The van der Waals surface area contributed by atoms with E-state index in [2.05, 4.69) is 6.92 Å². The standard InChI is InChI=1S/C8H10O/c1-7-3-5-8(9-2)6-4-7/h3-6H,1-2H3/i2+1. The second-order valence-electron chi connectivity index (χ2n) is 2.02. The lowest BCUT2D eigenvalue weighted by Crippen LogP contribution is -1.80. The van der Waals surface area contributed by atoms with Crippen molar-refractivity contribution in [2.75, 3.05) is 7.11 Å². The molecule has 0 heterocycles. The molecule has 1 aromatic carbocycles. The van der Waals surface area contributed by atoms with Crippen molar-refractivity contribution in [3.05, 3.63) is 29.8 Å². The Morgan fingerprint density at radius 3 is 2.11 bits per heavy atom. The Morgan fingerprint density at radius 1 is 1.11 bits per heavy atom. The smallest absolute Gasteiger partial charge is 0.118 e. The van der Waals surface area contributed by atoms with Crippen molar-refractivity contribution in [3.8, 4) is 5.75 Å². The maximum Gasteiger partial charge on any atom is 0.118 e. The molecule has 0 aliphatic carbocycles. The van der Waals surface area contributed by atoms with Crippen molar-refractivity contribution < 1.29 is 4.74 Å². The molecule has 1 rings (SSSR count). The first kappa shape index (κ1) is 6.14. The molecule has 48 valence electrons. The minimum Gasteiger partial charge on any atom is -0.497 e. The number of hydrogen-bond donors (Lipinski definition) is 0. The molecule has 9 heavy (non-hydrogen) atoms. The van der Waals surface area contributed by atoms with Gasteiger partial charge in [0.25, 0.3) is 0 Å². The molecule has 0 radical (unpaired) electrons. The van der Waals surface area contributed by atoms with Crippen molar-refractivity contribution >= 4 is 0 Å². The Balaban J connectivity index is 2.88. The zero-order chi connectivity index (χ0) is 6.69. The Bertz CT molecular complexity index is 176. The number of ether oxygens (including phenoxy) is 1. The van der Waals surface area contributed by atoms with E-state index in [-0.39, 0.29) is 0 Å². The first-order chi connectivity index (χ1) is 4.33. The van der Waals surface area contributed by atoms with Crippen LogP contribution in [0.3, 0.4) is 0 Å². The molecular formula is C8H10O. The average Bonchev–Trinajstić information content (AvgIpc) is 1.90. The fourth-order valence-electron chi connectivity index (χ4n) is 0.674. The zero-order valence-corrected chi connectivity index (χ0v) is 5.72. The van der Waals surface area contributed by atoms with Gasteiger partial charge in [0.05, 0.1) is 7.11 Å². The zero-order valence-electron chi connectivity index (χ0n) is 5.72. The highest BCUT2D eigenvalue weighted by Gasteiger charge is 1.85. The highest BCUT2D eigenvalue weighted by Crippen LogP contribution is 2.09. The van der Waals surface area contributed by atoms with Crippen LogP contribution in [0.5, 0.6) is 5.75 Å². The first-order valence-electron chi connectivity index (χ1n) is 2.93. The molecule has 0 aliphatic rings. The van der Waals surface area contributed by atoms with Gasteiger partial charge in [0.1, 0.15) is 5.75 Å². The van der Waals surface area contributed by atoms with E-state index < -0.39 is 0 Å². The van der Waals surface area contributed by atoms with E-state index in [0.717, 1.165) is 5.75 Å². The van der Waals surface area contributed by atoms with Crippen LogP contribution in [0.2, 0.25) is 0 Å². The molecule has 1 nitrogen and oxygen atoms in total. The van der Waals surface area contributed by atoms with Gasteiger partial charge in [-0.05, 0) is 19.1 Å². The summed E-state index contributed by atoms with van der Waals surface area (Å²) >= 11 is 0. The van der Waals surface area contributed by atoms with Gasteiger partial charge in [-0.15, -0.1) is 0 Å². The minimum atomic E-state index is 0.917. The van der Waals surface area contributed by atoms with Crippen LogP contribution in [0.4, 0.5) is 0 Å². The lowest BCUT2D eigenvalue weighted by Gasteiger charge is -1.97. The van der Waals surface area contributed by atoms with Crippen LogP contribution in [-0.2, 0) is 0 Å². The third-order valence-corrected chi connectivity index (χ3v) is 1.26. The Labute approximate surface area is 55.3 Å². The van der Waals surface area contributed by atoms with Gasteiger partial charge in [-0.3, -0.25) is 0 Å².